The molecule has 0 unspecified atom stereocenters. The maximum atomic E-state index is 6.11. The topological polar surface area (TPSA) is 46.2 Å². The summed E-state index contributed by atoms with van der Waals surface area (Å²) in [7, 11) is 1.78. The summed E-state index contributed by atoms with van der Waals surface area (Å²) in [5.41, 5.74) is 0. The molecule has 3 saturated heterocycles. The molecule has 4 rings (SSSR count). The lowest BCUT2D eigenvalue weighted by atomic mass is 9.68. The van der Waals surface area contributed by atoms with Gasteiger partial charge < -0.3 is 23.7 Å². The van der Waals surface area contributed by atoms with Gasteiger partial charge in [0, 0.05) is 31.8 Å². The highest BCUT2D eigenvalue weighted by Gasteiger charge is 2.57. The average molecular weight is 284 g/mol. The second-order valence-corrected chi connectivity index (χ2v) is 6.50. The smallest absolute Gasteiger partial charge is 0.192 e. The maximum absolute atomic E-state index is 6.11. The number of fused-ring (bicyclic) bond motifs is 3. The van der Waals surface area contributed by atoms with Crippen LogP contribution in [0.25, 0.3) is 0 Å². The van der Waals surface area contributed by atoms with E-state index in [0.29, 0.717) is 38.3 Å². The van der Waals surface area contributed by atoms with Gasteiger partial charge in [-0.15, -0.1) is 0 Å². The van der Waals surface area contributed by atoms with E-state index in [1.807, 2.05) is 0 Å². The number of rotatable bonds is 1. The number of hydrogen-bond donors (Lipinski definition) is 0. The van der Waals surface area contributed by atoms with Gasteiger partial charge in [-0.25, -0.2) is 0 Å². The van der Waals surface area contributed by atoms with Crippen LogP contribution in [0, 0.1) is 11.8 Å². The fraction of sp³-hybridized carbons (Fsp3) is 1.00. The van der Waals surface area contributed by atoms with E-state index in [9.17, 15) is 0 Å². The van der Waals surface area contributed by atoms with Crippen LogP contribution in [0.5, 0.6) is 0 Å². The van der Waals surface area contributed by atoms with Crippen LogP contribution in [0.3, 0.4) is 0 Å². The molecule has 0 bridgehead atoms. The van der Waals surface area contributed by atoms with Crippen molar-refractivity contribution < 1.29 is 23.7 Å². The summed E-state index contributed by atoms with van der Waals surface area (Å²) >= 11 is 0. The summed E-state index contributed by atoms with van der Waals surface area (Å²) in [5, 5.41) is 0. The van der Waals surface area contributed by atoms with E-state index >= 15 is 0 Å². The van der Waals surface area contributed by atoms with Crippen molar-refractivity contribution in [2.75, 3.05) is 33.5 Å². The number of ether oxygens (including phenoxy) is 5. The molecule has 1 saturated carbocycles. The van der Waals surface area contributed by atoms with Gasteiger partial charge in [0.2, 0.25) is 0 Å². The lowest BCUT2D eigenvalue weighted by Gasteiger charge is -2.55. The van der Waals surface area contributed by atoms with E-state index < -0.39 is 11.6 Å². The maximum Gasteiger partial charge on any atom is 0.192 e. The Kier molecular flexibility index (Phi) is 3.31. The Labute approximate surface area is 119 Å². The molecule has 0 radical (unpaired) electrons. The normalized spacial score (nSPS) is 47.0. The van der Waals surface area contributed by atoms with Crippen molar-refractivity contribution >= 4 is 0 Å². The zero-order valence-corrected chi connectivity index (χ0v) is 12.1. The van der Waals surface area contributed by atoms with E-state index in [0.717, 1.165) is 19.3 Å². The van der Waals surface area contributed by atoms with Gasteiger partial charge in [-0.1, -0.05) is 6.42 Å². The first-order valence-corrected chi connectivity index (χ1v) is 7.86. The fourth-order valence-corrected chi connectivity index (χ4v) is 4.57. The van der Waals surface area contributed by atoms with Gasteiger partial charge in [0.15, 0.2) is 11.6 Å². The first-order valence-electron chi connectivity index (χ1n) is 7.86. The molecule has 5 heteroatoms. The van der Waals surface area contributed by atoms with Crippen molar-refractivity contribution in [3.05, 3.63) is 0 Å². The largest absolute Gasteiger partial charge is 0.370 e. The van der Waals surface area contributed by atoms with Crippen LogP contribution in [0.15, 0.2) is 0 Å². The minimum absolute atomic E-state index is 0.166. The first kappa shape index (κ1) is 13.5. The minimum atomic E-state index is -0.505. The molecule has 3 heterocycles. The predicted molar refractivity (Wildman–Crippen MR) is 70.1 cm³/mol. The zero-order valence-electron chi connectivity index (χ0n) is 12.1. The zero-order chi connectivity index (χ0) is 13.6. The van der Waals surface area contributed by atoms with E-state index in [2.05, 4.69) is 0 Å². The molecule has 3 aliphatic heterocycles. The van der Waals surface area contributed by atoms with Crippen molar-refractivity contribution in [3.8, 4) is 0 Å². The van der Waals surface area contributed by atoms with Crippen LogP contribution < -0.4 is 0 Å². The highest BCUT2D eigenvalue weighted by Crippen LogP contribution is 2.51. The lowest BCUT2D eigenvalue weighted by molar-refractivity contribution is -0.352. The second kappa shape index (κ2) is 4.92. The monoisotopic (exact) mass is 284 g/mol. The number of hydrogen-bond acceptors (Lipinski definition) is 5. The van der Waals surface area contributed by atoms with Crippen molar-refractivity contribution in [1.29, 1.82) is 0 Å². The molecule has 4 fully saturated rings. The van der Waals surface area contributed by atoms with E-state index in [-0.39, 0.29) is 6.10 Å². The Hall–Kier alpha value is -0.200. The molecule has 0 aromatic carbocycles. The molecule has 20 heavy (non-hydrogen) atoms. The van der Waals surface area contributed by atoms with Gasteiger partial charge in [0.25, 0.3) is 0 Å². The van der Waals surface area contributed by atoms with Gasteiger partial charge in [0.05, 0.1) is 25.9 Å². The standard InChI is InChI=1S/C15H24O5/c1-16-15-5-3-2-4-12(15)11-8-14(18-6-7-19-14)10-17-13(11)9-20-15/h11-13H,2-10H2,1H3/t11-,12-,13-,15+/m1/s1. The Balaban J connectivity index is 1.59. The van der Waals surface area contributed by atoms with Gasteiger partial charge in [0.1, 0.15) is 6.61 Å². The van der Waals surface area contributed by atoms with Crippen molar-refractivity contribution in [2.45, 2.75) is 49.8 Å². The fourth-order valence-electron chi connectivity index (χ4n) is 4.57. The summed E-state index contributed by atoms with van der Waals surface area (Å²) in [6, 6.07) is 0. The Morgan fingerprint density at radius 3 is 2.75 bits per heavy atom. The minimum Gasteiger partial charge on any atom is -0.370 e. The third-order valence-electron chi connectivity index (χ3n) is 5.56. The SMILES string of the molecule is CO[C@]12CCCC[C@@H]1[C@H]1CC3(CO[C@@H]1CO2)OCCO3. The van der Waals surface area contributed by atoms with Crippen LogP contribution in [0.1, 0.15) is 32.1 Å². The van der Waals surface area contributed by atoms with Crippen molar-refractivity contribution in [2.24, 2.45) is 11.8 Å². The molecule has 0 amide bonds. The van der Waals surface area contributed by atoms with Gasteiger partial charge in [-0.05, 0) is 12.8 Å². The van der Waals surface area contributed by atoms with E-state index in [1.54, 1.807) is 7.11 Å². The molecule has 4 atom stereocenters. The summed E-state index contributed by atoms with van der Waals surface area (Å²) in [4.78, 5) is 0. The van der Waals surface area contributed by atoms with Crippen LogP contribution in [-0.4, -0.2) is 51.2 Å². The molecular weight excluding hydrogens is 260 g/mol. The van der Waals surface area contributed by atoms with Crippen LogP contribution in [0.2, 0.25) is 0 Å². The quantitative estimate of drug-likeness (QED) is 0.733. The molecule has 5 nitrogen and oxygen atoms in total. The molecule has 114 valence electrons. The molecule has 1 spiro atoms. The van der Waals surface area contributed by atoms with E-state index in [1.165, 1.54) is 12.8 Å². The van der Waals surface area contributed by atoms with Crippen LogP contribution in [0.4, 0.5) is 0 Å². The molecule has 0 N–H and O–H groups in total. The third kappa shape index (κ3) is 1.95. The Bertz CT molecular complexity index is 365. The second-order valence-electron chi connectivity index (χ2n) is 6.50. The predicted octanol–water partition coefficient (Wildman–Crippen LogP) is 1.70. The summed E-state index contributed by atoms with van der Waals surface area (Å²) in [6.45, 7) is 2.52. The molecule has 1 aliphatic carbocycles. The summed E-state index contributed by atoms with van der Waals surface area (Å²) in [5.74, 6) is -0.101. The third-order valence-corrected chi connectivity index (χ3v) is 5.56. The van der Waals surface area contributed by atoms with Crippen molar-refractivity contribution in [1.82, 2.24) is 0 Å². The molecular formula is C15H24O5. The Morgan fingerprint density at radius 2 is 1.95 bits per heavy atom. The highest BCUT2D eigenvalue weighted by atomic mass is 16.8. The average Bonchev–Trinajstić information content (AvgIpc) is 2.95. The van der Waals surface area contributed by atoms with Crippen LogP contribution >= 0.6 is 0 Å². The van der Waals surface area contributed by atoms with Gasteiger partial charge >= 0.3 is 0 Å². The summed E-state index contributed by atoms with van der Waals surface area (Å²) < 4.78 is 29.7. The molecule has 0 aromatic heterocycles. The van der Waals surface area contributed by atoms with Crippen LogP contribution in [-0.2, 0) is 23.7 Å². The van der Waals surface area contributed by atoms with Gasteiger partial charge in [-0.2, -0.15) is 0 Å². The van der Waals surface area contributed by atoms with Gasteiger partial charge in [-0.3, -0.25) is 0 Å². The number of methoxy groups -OCH3 is 1. The lowest BCUT2D eigenvalue weighted by Crippen LogP contribution is -2.62. The van der Waals surface area contributed by atoms with E-state index in [4.69, 9.17) is 23.7 Å². The first-order chi connectivity index (χ1) is 9.77. The highest BCUT2D eigenvalue weighted by molar-refractivity contribution is 4.99. The molecule has 0 aromatic rings. The molecule has 4 aliphatic rings. The Morgan fingerprint density at radius 1 is 1.10 bits per heavy atom. The summed E-state index contributed by atoms with van der Waals surface area (Å²) in [6.07, 6.45) is 5.65. The van der Waals surface area contributed by atoms with Crippen molar-refractivity contribution in [3.63, 3.8) is 0 Å².